The van der Waals surface area contributed by atoms with E-state index in [4.69, 9.17) is 37.4 Å². The summed E-state index contributed by atoms with van der Waals surface area (Å²) in [5.41, 5.74) is 2.64. The van der Waals surface area contributed by atoms with Crippen molar-refractivity contribution in [1.82, 2.24) is 0 Å². The topological polar surface area (TPSA) is 73.9 Å². The Hall–Kier alpha value is -3.78. The molecule has 200 valence electrons. The highest BCUT2D eigenvalue weighted by atomic mass is 35.5. The Balaban J connectivity index is 1.48. The van der Waals surface area contributed by atoms with Gasteiger partial charge in [0.1, 0.15) is 11.6 Å². The van der Waals surface area contributed by atoms with Crippen LogP contribution in [0.15, 0.2) is 78.9 Å². The first-order chi connectivity index (χ1) is 18.9. The van der Waals surface area contributed by atoms with E-state index in [9.17, 15) is 9.59 Å². The average Bonchev–Trinajstić information content (AvgIpc) is 3.36. The van der Waals surface area contributed by atoms with Gasteiger partial charge in [0.25, 0.3) is 0 Å². The van der Waals surface area contributed by atoms with Crippen LogP contribution in [-0.4, -0.2) is 25.6 Å². The van der Waals surface area contributed by atoms with Gasteiger partial charge >= 0.3 is 5.97 Å². The van der Waals surface area contributed by atoms with E-state index >= 15 is 0 Å². The zero-order valence-electron chi connectivity index (χ0n) is 21.2. The van der Waals surface area contributed by atoms with Crippen molar-refractivity contribution in [1.29, 1.82) is 0 Å². The van der Waals surface area contributed by atoms with Gasteiger partial charge in [0, 0.05) is 26.6 Å². The number of carbonyl (C=O) groups excluding carboxylic acids is 2. The van der Waals surface area contributed by atoms with Gasteiger partial charge in [-0.2, -0.15) is 0 Å². The Kier molecular flexibility index (Phi) is 9.65. The lowest BCUT2D eigenvalue weighted by Gasteiger charge is -2.13. The van der Waals surface area contributed by atoms with Gasteiger partial charge in [-0.05, 0) is 54.5 Å². The summed E-state index contributed by atoms with van der Waals surface area (Å²) in [5.74, 6) is 0.0977. The molecule has 0 fully saturated rings. The first-order valence-corrected chi connectivity index (χ1v) is 13.6. The van der Waals surface area contributed by atoms with Crippen LogP contribution < -0.4 is 14.8 Å². The number of rotatable bonds is 10. The SMILES string of the molecule is CCOC(=O)c1cc(-c2ccccc2)sc1NC(=O)C=Cc1ccc(OCc2c(Cl)cccc2Cl)c(OC)c1. The molecule has 0 saturated carbocycles. The number of anilines is 1. The highest BCUT2D eigenvalue weighted by Crippen LogP contribution is 2.36. The summed E-state index contributed by atoms with van der Waals surface area (Å²) in [5, 5.41) is 4.26. The molecule has 3 aromatic carbocycles. The van der Waals surface area contributed by atoms with Crippen LogP contribution in [0.25, 0.3) is 16.5 Å². The Labute approximate surface area is 240 Å². The number of ether oxygens (including phenoxy) is 3. The summed E-state index contributed by atoms with van der Waals surface area (Å²) in [6, 6.07) is 21.9. The molecule has 1 aromatic heterocycles. The van der Waals surface area contributed by atoms with Crippen LogP contribution in [0.2, 0.25) is 10.0 Å². The minimum Gasteiger partial charge on any atom is -0.493 e. The van der Waals surface area contributed by atoms with Crippen molar-refractivity contribution >= 4 is 57.5 Å². The zero-order chi connectivity index (χ0) is 27.8. The van der Waals surface area contributed by atoms with E-state index in [1.807, 2.05) is 30.3 Å². The maximum atomic E-state index is 12.8. The molecular formula is C30H25Cl2NO5S. The van der Waals surface area contributed by atoms with Crippen molar-refractivity contribution in [2.45, 2.75) is 13.5 Å². The van der Waals surface area contributed by atoms with Gasteiger partial charge in [0.2, 0.25) is 5.91 Å². The monoisotopic (exact) mass is 581 g/mol. The van der Waals surface area contributed by atoms with Gasteiger partial charge in [-0.25, -0.2) is 4.79 Å². The molecule has 0 aliphatic carbocycles. The standard InChI is InChI=1S/C30H25Cl2NO5S/c1-3-37-30(35)21-17-27(20-8-5-4-6-9-20)39-29(21)33-28(34)15-13-19-12-14-25(26(16-19)36-2)38-18-22-23(31)10-7-11-24(22)32/h4-17H,3,18H2,1-2H3,(H,33,34). The van der Waals surface area contributed by atoms with Gasteiger partial charge < -0.3 is 19.5 Å². The third kappa shape index (κ3) is 7.20. The molecule has 0 atom stereocenters. The van der Waals surface area contributed by atoms with Crippen molar-refractivity contribution in [2.24, 2.45) is 0 Å². The van der Waals surface area contributed by atoms with Gasteiger partial charge in [-0.1, -0.05) is 65.7 Å². The van der Waals surface area contributed by atoms with E-state index in [1.165, 1.54) is 24.5 Å². The van der Waals surface area contributed by atoms with Crippen molar-refractivity contribution < 1.29 is 23.8 Å². The molecule has 6 nitrogen and oxygen atoms in total. The summed E-state index contributed by atoms with van der Waals surface area (Å²) in [6.45, 7) is 2.14. The van der Waals surface area contributed by atoms with E-state index in [0.29, 0.717) is 43.2 Å². The molecule has 4 rings (SSSR count). The molecule has 0 aliphatic rings. The van der Waals surface area contributed by atoms with Crippen molar-refractivity contribution in [3.05, 3.63) is 106 Å². The van der Waals surface area contributed by atoms with Gasteiger partial charge in [-0.3, -0.25) is 4.79 Å². The molecule has 4 aromatic rings. The van der Waals surface area contributed by atoms with Crippen molar-refractivity contribution in [2.75, 3.05) is 19.0 Å². The second kappa shape index (κ2) is 13.3. The zero-order valence-corrected chi connectivity index (χ0v) is 23.5. The quantitative estimate of drug-likeness (QED) is 0.151. The van der Waals surface area contributed by atoms with Crippen LogP contribution >= 0.6 is 34.5 Å². The summed E-state index contributed by atoms with van der Waals surface area (Å²) < 4.78 is 16.5. The normalized spacial score (nSPS) is 10.9. The maximum Gasteiger partial charge on any atom is 0.341 e. The first-order valence-electron chi connectivity index (χ1n) is 12.0. The lowest BCUT2D eigenvalue weighted by Crippen LogP contribution is -2.11. The van der Waals surface area contributed by atoms with E-state index in [1.54, 1.807) is 55.5 Å². The number of carbonyl (C=O) groups is 2. The smallest absolute Gasteiger partial charge is 0.341 e. The fourth-order valence-corrected chi connectivity index (χ4v) is 5.20. The number of halogens is 2. The predicted molar refractivity (Wildman–Crippen MR) is 157 cm³/mol. The summed E-state index contributed by atoms with van der Waals surface area (Å²) in [7, 11) is 1.53. The average molecular weight is 583 g/mol. The second-order valence-corrected chi connectivity index (χ2v) is 10.0. The number of hydrogen-bond donors (Lipinski definition) is 1. The number of benzene rings is 3. The van der Waals surface area contributed by atoms with E-state index in [0.717, 1.165) is 10.4 Å². The van der Waals surface area contributed by atoms with Crippen LogP contribution in [0.1, 0.15) is 28.4 Å². The van der Waals surface area contributed by atoms with Gasteiger partial charge in [0.15, 0.2) is 11.5 Å². The van der Waals surface area contributed by atoms with E-state index in [2.05, 4.69) is 5.32 Å². The minimum atomic E-state index is -0.492. The molecule has 9 heteroatoms. The highest BCUT2D eigenvalue weighted by Gasteiger charge is 2.19. The maximum absolute atomic E-state index is 12.8. The Bertz CT molecular complexity index is 1480. The van der Waals surface area contributed by atoms with Crippen molar-refractivity contribution in [3.8, 4) is 21.9 Å². The summed E-state index contributed by atoms with van der Waals surface area (Å²) >= 11 is 13.8. The minimum absolute atomic E-state index is 0.168. The Morgan fingerprint density at radius 2 is 1.69 bits per heavy atom. The molecule has 0 unspecified atom stereocenters. The van der Waals surface area contributed by atoms with Crippen molar-refractivity contribution in [3.63, 3.8) is 0 Å². The number of esters is 1. The summed E-state index contributed by atoms with van der Waals surface area (Å²) in [4.78, 5) is 26.2. The largest absolute Gasteiger partial charge is 0.493 e. The Morgan fingerprint density at radius 3 is 2.38 bits per heavy atom. The molecule has 1 heterocycles. The molecule has 0 spiro atoms. The van der Waals surface area contributed by atoms with E-state index < -0.39 is 11.9 Å². The fourth-order valence-electron chi connectivity index (χ4n) is 3.64. The third-order valence-corrected chi connectivity index (χ3v) is 7.38. The summed E-state index contributed by atoms with van der Waals surface area (Å²) in [6.07, 6.45) is 3.03. The number of hydrogen-bond acceptors (Lipinski definition) is 6. The molecule has 0 bridgehead atoms. The highest BCUT2D eigenvalue weighted by molar-refractivity contribution is 7.20. The predicted octanol–water partition coefficient (Wildman–Crippen LogP) is 8.14. The molecule has 0 radical (unpaired) electrons. The number of amides is 1. The van der Waals surface area contributed by atoms with Crippen LogP contribution in [0.3, 0.4) is 0 Å². The van der Waals surface area contributed by atoms with Gasteiger partial charge in [-0.15, -0.1) is 11.3 Å². The molecule has 39 heavy (non-hydrogen) atoms. The number of nitrogens with one attached hydrogen (secondary N) is 1. The third-order valence-electron chi connectivity index (χ3n) is 5.57. The van der Waals surface area contributed by atoms with Gasteiger partial charge in [0.05, 0.1) is 19.3 Å². The fraction of sp³-hybridized carbons (Fsp3) is 0.133. The van der Waals surface area contributed by atoms with Crippen LogP contribution in [0.5, 0.6) is 11.5 Å². The lowest BCUT2D eigenvalue weighted by atomic mass is 10.1. The number of methoxy groups -OCH3 is 1. The molecule has 0 aliphatic heterocycles. The molecule has 0 saturated heterocycles. The van der Waals surface area contributed by atoms with Crippen LogP contribution in [0.4, 0.5) is 5.00 Å². The Morgan fingerprint density at radius 1 is 0.949 bits per heavy atom. The second-order valence-electron chi connectivity index (χ2n) is 8.16. The lowest BCUT2D eigenvalue weighted by molar-refractivity contribution is -0.111. The van der Waals surface area contributed by atoms with Crippen LogP contribution in [0, 0.1) is 0 Å². The molecular weight excluding hydrogens is 557 g/mol. The van der Waals surface area contributed by atoms with Crippen LogP contribution in [-0.2, 0) is 16.1 Å². The first kappa shape index (κ1) is 28.2. The molecule has 1 N–H and O–H groups in total. The number of thiophene rings is 1. The van der Waals surface area contributed by atoms with E-state index in [-0.39, 0.29) is 13.2 Å². The molecule has 1 amide bonds.